The third-order valence-electron chi connectivity index (χ3n) is 4.77. The molecule has 1 N–H and O–H groups in total. The number of rotatable bonds is 4. The van der Waals surface area contributed by atoms with Gasteiger partial charge in [0.25, 0.3) is 11.8 Å². The van der Waals surface area contributed by atoms with Crippen molar-refractivity contribution in [3.05, 3.63) is 71.2 Å². The third-order valence-corrected chi connectivity index (χ3v) is 4.77. The van der Waals surface area contributed by atoms with E-state index >= 15 is 0 Å². The molecular weight excluding hydrogens is 422 g/mol. The molecule has 0 aliphatic carbocycles. The molecule has 2 aromatic heterocycles. The van der Waals surface area contributed by atoms with Gasteiger partial charge in [-0.2, -0.15) is 10.4 Å². The minimum atomic E-state index is -1.09. The van der Waals surface area contributed by atoms with E-state index in [2.05, 4.69) is 15.4 Å². The van der Waals surface area contributed by atoms with Gasteiger partial charge in [-0.3, -0.25) is 19.2 Å². The normalized spacial score (nSPS) is 15.4. The number of anilines is 1. The highest BCUT2D eigenvalue weighted by Gasteiger charge is 2.32. The first kappa shape index (κ1) is 20.9. The van der Waals surface area contributed by atoms with Gasteiger partial charge >= 0.3 is 0 Å². The van der Waals surface area contributed by atoms with E-state index in [-0.39, 0.29) is 18.7 Å². The Balaban J connectivity index is 1.50. The molecule has 11 heteroatoms. The molecule has 0 fully saturated rings. The number of nitriles is 1. The maximum Gasteiger partial charge on any atom is 0.275 e. The number of carbonyl (C=O) groups is 2. The van der Waals surface area contributed by atoms with Crippen molar-refractivity contribution < 1.29 is 23.1 Å². The molecule has 32 heavy (non-hydrogen) atoms. The summed E-state index contributed by atoms with van der Waals surface area (Å²) in [6, 6.07) is 7.73. The fourth-order valence-corrected chi connectivity index (χ4v) is 3.28. The van der Waals surface area contributed by atoms with Crippen molar-refractivity contribution in [1.29, 1.82) is 5.26 Å². The first-order valence-electron chi connectivity index (χ1n) is 9.44. The molecular formula is C21H16F2N6O3. The third kappa shape index (κ3) is 4.11. The molecule has 1 unspecified atom stereocenters. The van der Waals surface area contributed by atoms with Crippen molar-refractivity contribution in [2.24, 2.45) is 0 Å². The SMILES string of the molecule is CN1C(=O)C(NC(=O)c2nn(Cc3cc(F)cc(C#N)c3)cc2F)COc2cccnc21. The van der Waals surface area contributed by atoms with Crippen LogP contribution in [0, 0.1) is 23.0 Å². The molecule has 1 atom stereocenters. The number of likely N-dealkylation sites (N-methyl/N-ethyl adjacent to an activating group) is 1. The summed E-state index contributed by atoms with van der Waals surface area (Å²) < 4.78 is 34.7. The Hall–Kier alpha value is -4.33. The van der Waals surface area contributed by atoms with Crippen LogP contribution in [-0.4, -0.2) is 46.3 Å². The van der Waals surface area contributed by atoms with Gasteiger partial charge in [0.1, 0.15) is 18.5 Å². The van der Waals surface area contributed by atoms with Crippen LogP contribution in [-0.2, 0) is 11.3 Å². The summed E-state index contributed by atoms with van der Waals surface area (Å²) >= 11 is 0. The zero-order valence-electron chi connectivity index (χ0n) is 16.7. The van der Waals surface area contributed by atoms with Crippen LogP contribution in [0.3, 0.4) is 0 Å². The Morgan fingerprint density at radius 3 is 2.97 bits per heavy atom. The molecule has 2 amide bonds. The highest BCUT2D eigenvalue weighted by Crippen LogP contribution is 2.27. The van der Waals surface area contributed by atoms with E-state index in [1.54, 1.807) is 12.1 Å². The molecule has 0 saturated carbocycles. The fraction of sp³-hybridized carbons (Fsp3) is 0.190. The van der Waals surface area contributed by atoms with Gasteiger partial charge < -0.3 is 10.1 Å². The number of benzene rings is 1. The van der Waals surface area contributed by atoms with E-state index in [9.17, 15) is 18.4 Å². The first-order chi connectivity index (χ1) is 15.4. The van der Waals surface area contributed by atoms with Crippen LogP contribution < -0.4 is 15.0 Å². The maximum absolute atomic E-state index is 14.4. The standard InChI is InChI=1S/C21H16F2N6O3/c1-28-19-17(3-2-4-25-19)32-11-16(21(28)31)26-20(30)18-15(23)10-29(27-18)9-13-5-12(8-24)6-14(22)7-13/h2-7,10,16H,9,11H2,1H3,(H,26,30). The predicted octanol–water partition coefficient (Wildman–Crippen LogP) is 1.63. The topological polar surface area (TPSA) is 113 Å². The van der Waals surface area contributed by atoms with E-state index in [1.807, 2.05) is 6.07 Å². The summed E-state index contributed by atoms with van der Waals surface area (Å²) in [5.41, 5.74) is -0.0513. The Bertz CT molecular complexity index is 1250. The second-order valence-corrected chi connectivity index (χ2v) is 7.04. The molecule has 3 heterocycles. The number of aromatic nitrogens is 3. The molecule has 4 rings (SSSR count). The number of nitrogens with one attached hydrogen (secondary N) is 1. The zero-order chi connectivity index (χ0) is 22.8. The second kappa shape index (κ2) is 8.43. The van der Waals surface area contributed by atoms with E-state index in [0.717, 1.165) is 16.9 Å². The summed E-state index contributed by atoms with van der Waals surface area (Å²) in [5.74, 6) is -2.25. The molecule has 9 nitrogen and oxygen atoms in total. The molecule has 0 radical (unpaired) electrons. The minimum absolute atomic E-state index is 0.0637. The maximum atomic E-state index is 14.4. The van der Waals surface area contributed by atoms with Crippen LogP contribution >= 0.6 is 0 Å². The largest absolute Gasteiger partial charge is 0.487 e. The van der Waals surface area contributed by atoms with Crippen molar-refractivity contribution in [2.45, 2.75) is 12.6 Å². The van der Waals surface area contributed by atoms with Gasteiger partial charge in [0, 0.05) is 13.2 Å². The van der Waals surface area contributed by atoms with Crippen LogP contribution in [0.4, 0.5) is 14.6 Å². The zero-order valence-corrected chi connectivity index (χ0v) is 16.7. The number of hydrogen-bond acceptors (Lipinski definition) is 6. The Morgan fingerprint density at radius 1 is 1.38 bits per heavy atom. The van der Waals surface area contributed by atoms with Crippen LogP contribution in [0.15, 0.2) is 42.7 Å². The molecule has 3 aromatic rings. The molecule has 1 aromatic carbocycles. The van der Waals surface area contributed by atoms with Gasteiger partial charge in [0.15, 0.2) is 23.1 Å². The molecule has 0 saturated heterocycles. The number of hydrogen-bond donors (Lipinski definition) is 1. The smallest absolute Gasteiger partial charge is 0.275 e. The summed E-state index contributed by atoms with van der Waals surface area (Å²) in [5, 5.41) is 15.3. The van der Waals surface area contributed by atoms with Gasteiger partial charge in [-0.15, -0.1) is 0 Å². The molecule has 0 bridgehead atoms. The van der Waals surface area contributed by atoms with Crippen LogP contribution in [0.2, 0.25) is 0 Å². The summed E-state index contributed by atoms with van der Waals surface area (Å²) in [6.07, 6.45) is 2.48. The Labute approximate surface area is 180 Å². The average Bonchev–Trinajstić information content (AvgIpc) is 3.09. The van der Waals surface area contributed by atoms with E-state index < -0.39 is 35.2 Å². The Kier molecular flexibility index (Phi) is 5.51. The summed E-state index contributed by atoms with van der Waals surface area (Å²) in [4.78, 5) is 30.7. The fourth-order valence-electron chi connectivity index (χ4n) is 3.28. The van der Waals surface area contributed by atoms with Gasteiger partial charge in [0.05, 0.1) is 24.4 Å². The lowest BCUT2D eigenvalue weighted by Gasteiger charge is -2.19. The Morgan fingerprint density at radius 2 is 2.19 bits per heavy atom. The molecule has 0 spiro atoms. The number of carbonyl (C=O) groups excluding carboxylic acids is 2. The summed E-state index contributed by atoms with van der Waals surface area (Å²) in [7, 11) is 1.49. The number of nitrogens with zero attached hydrogens (tertiary/aromatic N) is 5. The van der Waals surface area contributed by atoms with Crippen molar-refractivity contribution in [3.8, 4) is 11.8 Å². The number of ether oxygens (including phenoxy) is 1. The molecule has 1 aliphatic heterocycles. The number of amides is 2. The van der Waals surface area contributed by atoms with E-state index in [4.69, 9.17) is 10.00 Å². The number of halogens is 2. The molecule has 162 valence electrons. The van der Waals surface area contributed by atoms with Crippen molar-refractivity contribution >= 4 is 17.6 Å². The predicted molar refractivity (Wildman–Crippen MR) is 107 cm³/mol. The first-order valence-corrected chi connectivity index (χ1v) is 9.44. The molecule has 1 aliphatic rings. The van der Waals surface area contributed by atoms with Crippen molar-refractivity contribution in [3.63, 3.8) is 0 Å². The van der Waals surface area contributed by atoms with Crippen LogP contribution in [0.25, 0.3) is 0 Å². The lowest BCUT2D eigenvalue weighted by Crippen LogP contribution is -2.49. The highest BCUT2D eigenvalue weighted by molar-refractivity contribution is 6.02. The summed E-state index contributed by atoms with van der Waals surface area (Å²) in [6.45, 7) is -0.234. The van der Waals surface area contributed by atoms with Crippen molar-refractivity contribution in [2.75, 3.05) is 18.6 Å². The lowest BCUT2D eigenvalue weighted by atomic mass is 10.1. The monoisotopic (exact) mass is 438 g/mol. The number of pyridine rings is 1. The van der Waals surface area contributed by atoms with Crippen molar-refractivity contribution in [1.82, 2.24) is 20.1 Å². The second-order valence-electron chi connectivity index (χ2n) is 7.04. The highest BCUT2D eigenvalue weighted by atomic mass is 19.1. The van der Waals surface area contributed by atoms with Gasteiger partial charge in [-0.05, 0) is 35.9 Å². The lowest BCUT2D eigenvalue weighted by molar-refractivity contribution is -0.120. The average molecular weight is 438 g/mol. The minimum Gasteiger partial charge on any atom is -0.487 e. The van der Waals surface area contributed by atoms with E-state index in [0.29, 0.717) is 17.1 Å². The van der Waals surface area contributed by atoms with Gasteiger partial charge in [-0.1, -0.05) is 0 Å². The van der Waals surface area contributed by atoms with Gasteiger partial charge in [0.2, 0.25) is 0 Å². The van der Waals surface area contributed by atoms with E-state index in [1.165, 1.54) is 30.3 Å². The number of fused-ring (bicyclic) bond motifs is 1. The van der Waals surface area contributed by atoms with Gasteiger partial charge in [-0.25, -0.2) is 13.8 Å². The van der Waals surface area contributed by atoms with Crippen LogP contribution in [0.5, 0.6) is 5.75 Å². The quantitative estimate of drug-likeness (QED) is 0.663. The van der Waals surface area contributed by atoms with Crippen LogP contribution in [0.1, 0.15) is 21.6 Å².